The first-order valence-electron chi connectivity index (χ1n) is 19.3. The zero-order valence-corrected chi connectivity index (χ0v) is 34.1. The molecule has 5 amide bonds. The molecule has 5 atom stereocenters. The Balaban J connectivity index is 1.45. The van der Waals surface area contributed by atoms with Gasteiger partial charge >= 0.3 is 14.2 Å². The lowest BCUT2D eigenvalue weighted by Crippen LogP contribution is -2.59. The summed E-state index contributed by atoms with van der Waals surface area (Å²) in [6.07, 6.45) is 0.350. The van der Waals surface area contributed by atoms with Crippen LogP contribution in [0.1, 0.15) is 37.0 Å². The SMILES string of the molecule is CC(C)C[C@@H](NC(=O)CNC=O)C(=O)NC(Cc1ccc2ccccc2c1)C(=O)NC(Cc1ccc2ccccc2c1)C(=O)NC(Cc1ccc(O[PH](=O)O)cc1)C(=O)O. The second-order valence-corrected chi connectivity index (χ2v) is 15.5. The third-order valence-corrected chi connectivity index (χ3v) is 10.1. The number of rotatable bonds is 21. The van der Waals surface area contributed by atoms with E-state index in [1.165, 1.54) is 24.3 Å². The maximum Gasteiger partial charge on any atom is 0.365 e. The van der Waals surface area contributed by atoms with Gasteiger partial charge in [0.25, 0.3) is 0 Å². The molecule has 16 heteroatoms. The fourth-order valence-electron chi connectivity index (χ4n) is 6.75. The Labute approximate surface area is 347 Å². The summed E-state index contributed by atoms with van der Waals surface area (Å²) >= 11 is 0. The van der Waals surface area contributed by atoms with Crippen LogP contribution in [0.5, 0.6) is 5.75 Å². The lowest BCUT2D eigenvalue weighted by atomic mass is 9.98. The third-order valence-electron chi connectivity index (χ3n) is 9.66. The van der Waals surface area contributed by atoms with Crippen molar-refractivity contribution in [2.75, 3.05) is 6.54 Å². The van der Waals surface area contributed by atoms with Crippen molar-refractivity contribution < 1.29 is 47.9 Å². The third kappa shape index (κ3) is 13.2. The largest absolute Gasteiger partial charge is 0.480 e. The zero-order valence-electron chi connectivity index (χ0n) is 33.1. The van der Waals surface area contributed by atoms with Gasteiger partial charge in [-0.05, 0) is 62.7 Å². The fraction of sp³-hybridized carbons (Fsp3) is 0.273. The fourth-order valence-corrected chi connectivity index (χ4v) is 7.09. The van der Waals surface area contributed by atoms with Crippen LogP contribution in [0.4, 0.5) is 0 Å². The van der Waals surface area contributed by atoms with Crippen LogP contribution in [0.3, 0.4) is 0 Å². The van der Waals surface area contributed by atoms with Gasteiger partial charge in [0.05, 0.1) is 6.54 Å². The normalized spacial score (nSPS) is 13.6. The number of carbonyl (C=O) groups is 6. The molecule has 7 N–H and O–H groups in total. The van der Waals surface area contributed by atoms with E-state index in [1.807, 2.05) is 92.7 Å². The van der Waals surface area contributed by atoms with Gasteiger partial charge in [-0.3, -0.25) is 24.0 Å². The summed E-state index contributed by atoms with van der Waals surface area (Å²) in [5, 5.41) is 26.9. The van der Waals surface area contributed by atoms with E-state index >= 15 is 0 Å². The summed E-state index contributed by atoms with van der Waals surface area (Å²) in [6, 6.07) is 27.1. The summed E-state index contributed by atoms with van der Waals surface area (Å²) in [5.74, 6) is -4.09. The molecule has 0 aliphatic carbocycles. The van der Waals surface area contributed by atoms with E-state index in [0.29, 0.717) is 23.1 Å². The average molecular weight is 838 g/mol. The topological polar surface area (TPSA) is 229 Å². The van der Waals surface area contributed by atoms with Crippen molar-refractivity contribution in [3.05, 3.63) is 126 Å². The predicted octanol–water partition coefficient (Wildman–Crippen LogP) is 3.60. The first kappa shape index (κ1) is 44.5. The van der Waals surface area contributed by atoms with Crippen LogP contribution in [0, 0.1) is 5.92 Å². The maximum atomic E-state index is 14.5. The summed E-state index contributed by atoms with van der Waals surface area (Å²) < 4.78 is 15.9. The smallest absolute Gasteiger partial charge is 0.365 e. The number of amides is 5. The molecule has 0 saturated carbocycles. The number of hydrogen-bond acceptors (Lipinski definition) is 8. The van der Waals surface area contributed by atoms with Crippen molar-refractivity contribution in [3.8, 4) is 5.75 Å². The van der Waals surface area contributed by atoms with E-state index < -0.39 is 62.0 Å². The van der Waals surface area contributed by atoms with Crippen molar-refractivity contribution in [2.24, 2.45) is 5.92 Å². The van der Waals surface area contributed by atoms with Crippen LogP contribution >= 0.6 is 8.25 Å². The highest BCUT2D eigenvalue weighted by Gasteiger charge is 2.32. The van der Waals surface area contributed by atoms with Crippen LogP contribution in [-0.4, -0.2) is 76.7 Å². The minimum atomic E-state index is -3.25. The lowest BCUT2D eigenvalue weighted by molar-refractivity contribution is -0.142. The molecule has 60 heavy (non-hydrogen) atoms. The number of benzene rings is 5. The Bertz CT molecular complexity index is 2360. The monoisotopic (exact) mass is 837 g/mol. The van der Waals surface area contributed by atoms with E-state index in [9.17, 15) is 38.4 Å². The van der Waals surface area contributed by atoms with Crippen LogP contribution in [0.15, 0.2) is 109 Å². The molecule has 0 aromatic heterocycles. The van der Waals surface area contributed by atoms with Crippen LogP contribution in [0.25, 0.3) is 21.5 Å². The van der Waals surface area contributed by atoms with Gasteiger partial charge in [0.2, 0.25) is 30.0 Å². The summed E-state index contributed by atoms with van der Waals surface area (Å²) in [5.41, 5.74) is 1.84. The molecule has 0 radical (unpaired) electrons. The number of hydrogen-bond donors (Lipinski definition) is 7. The number of carboxylic acids is 1. The number of fused-ring (bicyclic) bond motifs is 2. The minimum Gasteiger partial charge on any atom is -0.480 e. The van der Waals surface area contributed by atoms with E-state index in [0.717, 1.165) is 21.5 Å². The van der Waals surface area contributed by atoms with E-state index in [4.69, 9.17) is 9.42 Å². The second-order valence-electron chi connectivity index (χ2n) is 14.8. The van der Waals surface area contributed by atoms with Crippen molar-refractivity contribution in [1.82, 2.24) is 26.6 Å². The number of aliphatic carboxylic acids is 1. The van der Waals surface area contributed by atoms with Crippen molar-refractivity contribution in [2.45, 2.75) is 63.7 Å². The molecule has 5 aromatic rings. The lowest BCUT2D eigenvalue weighted by Gasteiger charge is -2.27. The minimum absolute atomic E-state index is 0.00950. The summed E-state index contributed by atoms with van der Waals surface area (Å²) in [7, 11) is -3.25. The molecule has 0 bridgehead atoms. The molecule has 4 unspecified atom stereocenters. The van der Waals surface area contributed by atoms with E-state index in [-0.39, 0.29) is 43.9 Å². The van der Waals surface area contributed by atoms with Gasteiger partial charge in [-0.25, -0.2) is 9.36 Å². The Hall–Kier alpha value is -6.57. The Morgan fingerprint density at radius 1 is 0.617 bits per heavy atom. The van der Waals surface area contributed by atoms with E-state index in [1.54, 1.807) is 6.07 Å². The Morgan fingerprint density at radius 2 is 1.07 bits per heavy atom. The van der Waals surface area contributed by atoms with Crippen molar-refractivity contribution in [1.29, 1.82) is 0 Å². The Kier molecular flexibility index (Phi) is 15.9. The van der Waals surface area contributed by atoms with Gasteiger partial charge in [0.1, 0.15) is 29.9 Å². The predicted molar refractivity (Wildman–Crippen MR) is 226 cm³/mol. The Morgan fingerprint density at radius 3 is 1.53 bits per heavy atom. The van der Waals surface area contributed by atoms with Crippen molar-refractivity contribution in [3.63, 3.8) is 0 Å². The first-order valence-corrected chi connectivity index (χ1v) is 20.6. The molecule has 0 fully saturated rings. The standard InChI is InChI=1S/C44H48N5O10P/c1-27(2)19-36(46-40(51)25-45-26-50)41(52)47-37(23-29-11-15-31-7-3-5-9-33(31)20-29)42(53)48-38(24-30-12-16-32-8-4-6-10-34(32)21-30)43(54)49-39(44(55)56)22-28-13-17-35(18-14-28)59-60(57)58/h3-18,20-21,26-27,36-39,60H,19,22-25H2,1-2H3,(H,45,50)(H,46,51)(H,47,52)(H,48,53)(H,49,54)(H,55,56)(H,57,58)/t36-,37?,38?,39?/m1/s1. The molecule has 15 nitrogen and oxygen atoms in total. The van der Waals surface area contributed by atoms with Gasteiger partial charge in [-0.15, -0.1) is 0 Å². The van der Waals surface area contributed by atoms with Crippen molar-refractivity contribution >= 4 is 65.8 Å². The number of carboxylic acid groups (broad SMARTS) is 1. The van der Waals surface area contributed by atoms with Gasteiger partial charge < -0.3 is 41.1 Å². The highest BCUT2D eigenvalue weighted by atomic mass is 31.1. The number of nitrogens with one attached hydrogen (secondary N) is 5. The van der Waals surface area contributed by atoms with Crippen LogP contribution < -0.4 is 31.1 Å². The molecule has 5 aromatic carbocycles. The van der Waals surface area contributed by atoms with Gasteiger partial charge in [0, 0.05) is 19.3 Å². The second kappa shape index (κ2) is 21.4. The quantitative estimate of drug-likeness (QED) is 0.0420. The molecular weight excluding hydrogens is 789 g/mol. The highest BCUT2D eigenvalue weighted by molar-refractivity contribution is 7.32. The van der Waals surface area contributed by atoms with Crippen LogP contribution in [-0.2, 0) is 52.6 Å². The number of carbonyl (C=O) groups excluding carboxylic acids is 5. The summed E-state index contributed by atoms with van der Waals surface area (Å²) in [4.78, 5) is 87.6. The average Bonchev–Trinajstić information content (AvgIpc) is 3.22. The van der Waals surface area contributed by atoms with Gasteiger partial charge in [-0.2, -0.15) is 0 Å². The molecular formula is C44H48N5O10P. The maximum absolute atomic E-state index is 14.5. The zero-order chi connectivity index (χ0) is 43.2. The molecule has 0 saturated heterocycles. The molecule has 5 rings (SSSR count). The first-order chi connectivity index (χ1) is 28.8. The van der Waals surface area contributed by atoms with Crippen LogP contribution in [0.2, 0.25) is 0 Å². The molecule has 0 heterocycles. The molecule has 314 valence electrons. The summed E-state index contributed by atoms with van der Waals surface area (Å²) in [6.45, 7) is 3.36. The van der Waals surface area contributed by atoms with Gasteiger partial charge in [0.15, 0.2) is 0 Å². The molecule has 0 aliphatic rings. The molecule has 0 spiro atoms. The molecule has 0 aliphatic heterocycles. The van der Waals surface area contributed by atoms with Gasteiger partial charge in [-0.1, -0.05) is 111 Å². The highest BCUT2D eigenvalue weighted by Crippen LogP contribution is 2.24. The van der Waals surface area contributed by atoms with E-state index in [2.05, 4.69) is 26.6 Å².